The Morgan fingerprint density at radius 1 is 0.273 bits per heavy atom. The fourth-order valence-corrected chi connectivity index (χ4v) is 9.19. The summed E-state index contributed by atoms with van der Waals surface area (Å²) in [5.41, 5.74) is 0. The Bertz CT molecular complexity index is 1510. The van der Waals surface area contributed by atoms with Crippen molar-refractivity contribution in [1.82, 2.24) is 0 Å². The van der Waals surface area contributed by atoms with Crippen molar-refractivity contribution in [3.63, 3.8) is 0 Å². The minimum Gasteiger partial charge on any atom is -0.462 e. The summed E-state index contributed by atoms with van der Waals surface area (Å²) in [5.74, 6) is -0.960. The van der Waals surface area contributed by atoms with Crippen molar-refractivity contribution >= 4 is 17.9 Å². The molecule has 1 atom stereocenters. The molecule has 0 rings (SSSR count). The molecule has 0 N–H and O–H groups in total. The van der Waals surface area contributed by atoms with Crippen LogP contribution in [0.4, 0.5) is 0 Å². The molecule has 0 aliphatic carbocycles. The van der Waals surface area contributed by atoms with Gasteiger partial charge >= 0.3 is 17.9 Å². The zero-order valence-electron chi connectivity index (χ0n) is 50.7. The van der Waals surface area contributed by atoms with Crippen molar-refractivity contribution in [1.29, 1.82) is 0 Å². The average Bonchev–Trinajstić information content (AvgIpc) is 3.43. The van der Waals surface area contributed by atoms with Crippen LogP contribution in [0, 0.1) is 0 Å². The Hall–Kier alpha value is -3.67. The molecule has 0 saturated heterocycles. The van der Waals surface area contributed by atoms with Crippen LogP contribution in [0.2, 0.25) is 0 Å². The van der Waals surface area contributed by atoms with Gasteiger partial charge in [0, 0.05) is 19.3 Å². The molecule has 1 unspecified atom stereocenters. The van der Waals surface area contributed by atoms with Crippen LogP contribution in [-0.2, 0) is 28.6 Å². The lowest BCUT2D eigenvalue weighted by molar-refractivity contribution is -0.167. The largest absolute Gasteiger partial charge is 0.462 e. The predicted molar refractivity (Wildman–Crippen MR) is 334 cm³/mol. The van der Waals surface area contributed by atoms with E-state index in [1.54, 1.807) is 0 Å². The Kier molecular flexibility index (Phi) is 61.8. The average molecular weight is 1070 g/mol. The third-order valence-corrected chi connectivity index (χ3v) is 14.1. The van der Waals surface area contributed by atoms with E-state index in [-0.39, 0.29) is 37.5 Å². The molecule has 0 aromatic heterocycles. The summed E-state index contributed by atoms with van der Waals surface area (Å²) in [4.78, 5) is 38.3. The van der Waals surface area contributed by atoms with Gasteiger partial charge in [0.25, 0.3) is 0 Å². The summed E-state index contributed by atoms with van der Waals surface area (Å²) in [6, 6.07) is 0. The van der Waals surface area contributed by atoms with Gasteiger partial charge in [-0.05, 0) is 96.3 Å². The lowest BCUT2D eigenvalue weighted by atomic mass is 10.0. The van der Waals surface area contributed by atoms with Gasteiger partial charge in [0.2, 0.25) is 0 Å². The standard InChI is InChI=1S/C71H122O6/c1-4-7-10-13-16-19-22-25-27-29-31-33-35-37-38-40-42-44-46-49-52-55-58-61-64-70(73)76-67-68(66-75-69(72)63-60-57-54-51-48-24-21-18-15-12-9-6-3)77-71(74)65-62-59-56-53-50-47-45-43-41-39-36-34-32-30-28-26-23-20-17-14-11-8-5-2/h8,11,17-18,20-21,26,28,32,34,39,41,45,47,53,56,68H,4-7,9-10,12-16,19,22-25,27,29-31,33,35-38,40,42-44,46,48-52,54-55,57-67H2,1-3H3/b11-8-,20-17-,21-18-,28-26-,34-32-,41-39-,47-45-,56-53-. The summed E-state index contributed by atoms with van der Waals surface area (Å²) in [5, 5.41) is 0. The molecule has 0 heterocycles. The molecular formula is C71H122O6. The first-order valence-corrected chi connectivity index (χ1v) is 32.7. The number of esters is 3. The van der Waals surface area contributed by atoms with Gasteiger partial charge in [0.1, 0.15) is 13.2 Å². The normalized spacial score (nSPS) is 12.7. The molecule has 0 aromatic carbocycles. The van der Waals surface area contributed by atoms with Crippen molar-refractivity contribution in [3.8, 4) is 0 Å². The molecule has 0 spiro atoms. The number of ether oxygens (including phenoxy) is 3. The summed E-state index contributed by atoms with van der Waals surface area (Å²) in [6.07, 6.45) is 87.2. The van der Waals surface area contributed by atoms with Gasteiger partial charge in [-0.2, -0.15) is 0 Å². The van der Waals surface area contributed by atoms with Gasteiger partial charge < -0.3 is 14.2 Å². The molecule has 0 bridgehead atoms. The van der Waals surface area contributed by atoms with Gasteiger partial charge in [0.15, 0.2) is 6.10 Å². The number of hydrogen-bond acceptors (Lipinski definition) is 6. The van der Waals surface area contributed by atoms with Crippen LogP contribution in [0.25, 0.3) is 0 Å². The van der Waals surface area contributed by atoms with Crippen LogP contribution in [0.15, 0.2) is 97.2 Å². The highest BCUT2D eigenvalue weighted by Crippen LogP contribution is 2.17. The maximum absolute atomic E-state index is 12.9. The molecule has 0 aliphatic heterocycles. The number of carbonyl (C=O) groups excluding carboxylic acids is 3. The number of allylic oxidation sites excluding steroid dienone is 16. The molecule has 6 heteroatoms. The second kappa shape index (κ2) is 64.9. The molecule has 0 saturated carbocycles. The van der Waals surface area contributed by atoms with Crippen molar-refractivity contribution in [2.75, 3.05) is 13.2 Å². The van der Waals surface area contributed by atoms with Gasteiger partial charge in [-0.3, -0.25) is 14.4 Å². The Morgan fingerprint density at radius 2 is 0.519 bits per heavy atom. The summed E-state index contributed by atoms with van der Waals surface area (Å²) >= 11 is 0. The minimum atomic E-state index is -0.812. The van der Waals surface area contributed by atoms with E-state index in [0.29, 0.717) is 19.3 Å². The smallest absolute Gasteiger partial charge is 0.306 e. The third-order valence-electron chi connectivity index (χ3n) is 14.1. The Balaban J connectivity index is 4.37. The minimum absolute atomic E-state index is 0.101. The second-order valence-corrected chi connectivity index (χ2v) is 21.6. The first-order chi connectivity index (χ1) is 38.0. The highest BCUT2D eigenvalue weighted by Gasteiger charge is 2.19. The topological polar surface area (TPSA) is 78.9 Å². The first kappa shape index (κ1) is 73.3. The quantitative estimate of drug-likeness (QED) is 0.0261. The highest BCUT2D eigenvalue weighted by molar-refractivity contribution is 5.71. The number of carbonyl (C=O) groups is 3. The van der Waals surface area contributed by atoms with E-state index in [4.69, 9.17) is 14.2 Å². The van der Waals surface area contributed by atoms with Gasteiger partial charge in [-0.1, -0.05) is 298 Å². The maximum Gasteiger partial charge on any atom is 0.306 e. The van der Waals surface area contributed by atoms with Crippen LogP contribution in [0.1, 0.15) is 316 Å². The Labute approximate surface area is 477 Å². The first-order valence-electron chi connectivity index (χ1n) is 32.7. The lowest BCUT2D eigenvalue weighted by Crippen LogP contribution is -2.30. The van der Waals surface area contributed by atoms with E-state index in [2.05, 4.69) is 118 Å². The monoisotopic (exact) mass is 1070 g/mol. The molecule has 0 fully saturated rings. The van der Waals surface area contributed by atoms with Crippen LogP contribution >= 0.6 is 0 Å². The van der Waals surface area contributed by atoms with Gasteiger partial charge in [0.05, 0.1) is 0 Å². The molecule has 6 nitrogen and oxygen atoms in total. The molecule has 0 radical (unpaired) electrons. The van der Waals surface area contributed by atoms with Gasteiger partial charge in [-0.15, -0.1) is 0 Å². The summed E-state index contributed by atoms with van der Waals surface area (Å²) < 4.78 is 16.9. The number of rotatable bonds is 59. The summed E-state index contributed by atoms with van der Waals surface area (Å²) in [7, 11) is 0. The van der Waals surface area contributed by atoms with E-state index in [1.807, 2.05) is 0 Å². The second-order valence-electron chi connectivity index (χ2n) is 21.6. The molecule has 0 aromatic rings. The molecule has 0 amide bonds. The van der Waals surface area contributed by atoms with Crippen LogP contribution < -0.4 is 0 Å². The fraction of sp³-hybridized carbons (Fsp3) is 0.732. The van der Waals surface area contributed by atoms with E-state index >= 15 is 0 Å². The molecule has 442 valence electrons. The SMILES string of the molecule is CC/C=C\C/C=C\C/C=C\C/C=C\C/C=C\C/C=C\C/C=C\CCCC(=O)OC(COC(=O)CCCCCCC/C=C\CCCCC)COC(=O)CCCCCCCCCCCCCCCCCCCCCCCCCC. The maximum atomic E-state index is 12.9. The van der Waals surface area contributed by atoms with E-state index in [0.717, 1.165) is 103 Å². The van der Waals surface area contributed by atoms with Crippen molar-refractivity contribution in [2.45, 2.75) is 322 Å². The Morgan fingerprint density at radius 3 is 0.870 bits per heavy atom. The van der Waals surface area contributed by atoms with E-state index < -0.39 is 6.10 Å². The predicted octanol–water partition coefficient (Wildman–Crippen LogP) is 22.4. The molecule has 0 aliphatic rings. The lowest BCUT2D eigenvalue weighted by Gasteiger charge is -2.18. The molecule has 77 heavy (non-hydrogen) atoms. The van der Waals surface area contributed by atoms with E-state index in [1.165, 1.54) is 167 Å². The van der Waals surface area contributed by atoms with Crippen molar-refractivity contribution < 1.29 is 28.6 Å². The zero-order chi connectivity index (χ0) is 55.7. The van der Waals surface area contributed by atoms with Crippen molar-refractivity contribution in [2.24, 2.45) is 0 Å². The fourth-order valence-electron chi connectivity index (χ4n) is 9.19. The van der Waals surface area contributed by atoms with Crippen LogP contribution in [0.3, 0.4) is 0 Å². The van der Waals surface area contributed by atoms with E-state index in [9.17, 15) is 14.4 Å². The van der Waals surface area contributed by atoms with Crippen LogP contribution in [-0.4, -0.2) is 37.2 Å². The van der Waals surface area contributed by atoms with Crippen LogP contribution in [0.5, 0.6) is 0 Å². The highest BCUT2D eigenvalue weighted by atomic mass is 16.6. The number of unbranched alkanes of at least 4 members (excludes halogenated alkanes) is 32. The van der Waals surface area contributed by atoms with Crippen molar-refractivity contribution in [3.05, 3.63) is 97.2 Å². The number of hydrogen-bond donors (Lipinski definition) is 0. The van der Waals surface area contributed by atoms with Gasteiger partial charge in [-0.25, -0.2) is 0 Å². The zero-order valence-corrected chi connectivity index (χ0v) is 50.7. The third kappa shape index (κ3) is 63.0. The summed E-state index contributed by atoms with van der Waals surface area (Å²) in [6.45, 7) is 6.48. The molecular weight excluding hydrogens is 949 g/mol.